The van der Waals surface area contributed by atoms with Crippen LogP contribution < -0.4 is 4.74 Å². The van der Waals surface area contributed by atoms with Crippen LogP contribution in [0.4, 0.5) is 5.69 Å². The number of halogens is 1. The van der Waals surface area contributed by atoms with Gasteiger partial charge in [-0.05, 0) is 30.7 Å². The summed E-state index contributed by atoms with van der Waals surface area (Å²) in [5, 5.41) is 10.8. The molecule has 0 saturated heterocycles. The Kier molecular flexibility index (Phi) is 3.42. The summed E-state index contributed by atoms with van der Waals surface area (Å²) in [5.74, 6) is 0.352. The predicted octanol–water partition coefficient (Wildman–Crippen LogP) is 2.52. The highest BCUT2D eigenvalue weighted by atomic mass is 35.5. The molecule has 0 radical (unpaired) electrons. The number of nitrogens with zero attached hydrogens (tertiary/aromatic N) is 3. The van der Waals surface area contributed by atoms with Crippen molar-refractivity contribution in [3.63, 3.8) is 0 Å². The third-order valence-electron chi connectivity index (χ3n) is 2.11. The number of hydrogen-bond donors (Lipinski definition) is 0. The van der Waals surface area contributed by atoms with Crippen LogP contribution in [-0.2, 0) is 6.61 Å². The van der Waals surface area contributed by atoms with E-state index >= 15 is 0 Å². The van der Waals surface area contributed by atoms with Gasteiger partial charge in [0.05, 0.1) is 11.2 Å². The standard InChI is InChI=1S/C10H8ClN3O4/c1-6-8(14(15)16)9(13-10(11)12-6)18-5-7-3-2-4-17-7/h2-4H,5H2,1H3. The molecule has 0 unspecified atom stereocenters. The quantitative estimate of drug-likeness (QED) is 0.481. The summed E-state index contributed by atoms with van der Waals surface area (Å²) in [5.41, 5.74) is -0.152. The molecule has 0 aliphatic rings. The molecule has 0 N–H and O–H groups in total. The second kappa shape index (κ2) is 5.01. The average Bonchev–Trinajstić information content (AvgIpc) is 2.77. The van der Waals surface area contributed by atoms with Crippen molar-refractivity contribution in [3.8, 4) is 5.88 Å². The van der Waals surface area contributed by atoms with Crippen LogP contribution in [0.2, 0.25) is 5.28 Å². The van der Waals surface area contributed by atoms with Crippen LogP contribution in [0.15, 0.2) is 22.8 Å². The van der Waals surface area contributed by atoms with Crippen molar-refractivity contribution in [1.82, 2.24) is 9.97 Å². The third-order valence-corrected chi connectivity index (χ3v) is 2.28. The zero-order valence-electron chi connectivity index (χ0n) is 9.29. The lowest BCUT2D eigenvalue weighted by Crippen LogP contribution is -2.04. The monoisotopic (exact) mass is 269 g/mol. The number of ether oxygens (including phenoxy) is 1. The SMILES string of the molecule is Cc1nc(Cl)nc(OCc2ccco2)c1[N+](=O)[O-]. The third kappa shape index (κ3) is 2.57. The molecular weight excluding hydrogens is 262 g/mol. The second-order valence-electron chi connectivity index (χ2n) is 3.36. The molecule has 0 aromatic carbocycles. The van der Waals surface area contributed by atoms with E-state index in [0.29, 0.717) is 5.76 Å². The molecule has 0 bridgehead atoms. The van der Waals surface area contributed by atoms with E-state index in [2.05, 4.69) is 9.97 Å². The van der Waals surface area contributed by atoms with Crippen LogP contribution in [-0.4, -0.2) is 14.9 Å². The maximum Gasteiger partial charge on any atom is 0.352 e. The Labute approximate surface area is 107 Å². The molecule has 0 atom stereocenters. The topological polar surface area (TPSA) is 91.3 Å². The van der Waals surface area contributed by atoms with E-state index in [-0.39, 0.29) is 29.2 Å². The van der Waals surface area contributed by atoms with Gasteiger partial charge in [0, 0.05) is 0 Å². The van der Waals surface area contributed by atoms with Crippen LogP contribution in [0.25, 0.3) is 0 Å². The van der Waals surface area contributed by atoms with E-state index in [4.69, 9.17) is 20.8 Å². The predicted molar refractivity (Wildman–Crippen MR) is 61.5 cm³/mol. The van der Waals surface area contributed by atoms with Gasteiger partial charge in [-0.15, -0.1) is 0 Å². The fourth-order valence-corrected chi connectivity index (χ4v) is 1.56. The van der Waals surface area contributed by atoms with Crippen molar-refractivity contribution in [1.29, 1.82) is 0 Å². The normalized spacial score (nSPS) is 10.3. The molecule has 2 aromatic rings. The molecule has 2 aromatic heterocycles. The van der Waals surface area contributed by atoms with Gasteiger partial charge < -0.3 is 9.15 Å². The lowest BCUT2D eigenvalue weighted by Gasteiger charge is -2.05. The largest absolute Gasteiger partial charge is 0.466 e. The van der Waals surface area contributed by atoms with Gasteiger partial charge >= 0.3 is 5.69 Å². The molecule has 0 aliphatic heterocycles. The van der Waals surface area contributed by atoms with Crippen molar-refractivity contribution >= 4 is 17.3 Å². The highest BCUT2D eigenvalue weighted by molar-refractivity contribution is 6.28. The second-order valence-corrected chi connectivity index (χ2v) is 3.70. The average molecular weight is 270 g/mol. The van der Waals surface area contributed by atoms with E-state index < -0.39 is 4.92 Å². The Morgan fingerprint density at radius 2 is 2.33 bits per heavy atom. The summed E-state index contributed by atoms with van der Waals surface area (Å²) in [6, 6.07) is 3.37. The van der Waals surface area contributed by atoms with Gasteiger partial charge in [0.25, 0.3) is 5.88 Å². The lowest BCUT2D eigenvalue weighted by atomic mass is 10.3. The van der Waals surface area contributed by atoms with Gasteiger partial charge in [-0.1, -0.05) is 0 Å². The number of aromatic nitrogens is 2. The van der Waals surface area contributed by atoms with Gasteiger partial charge in [0.1, 0.15) is 18.1 Å². The summed E-state index contributed by atoms with van der Waals surface area (Å²) in [4.78, 5) is 17.7. The van der Waals surface area contributed by atoms with E-state index in [9.17, 15) is 10.1 Å². The van der Waals surface area contributed by atoms with Crippen LogP contribution in [0.3, 0.4) is 0 Å². The molecule has 2 heterocycles. The number of hydrogen-bond acceptors (Lipinski definition) is 6. The van der Waals surface area contributed by atoms with E-state index in [1.807, 2.05) is 0 Å². The van der Waals surface area contributed by atoms with Crippen LogP contribution >= 0.6 is 11.6 Å². The Bertz CT molecular complexity index is 571. The summed E-state index contributed by atoms with van der Waals surface area (Å²) >= 11 is 5.64. The Balaban J connectivity index is 2.28. The van der Waals surface area contributed by atoms with Crippen molar-refractivity contribution in [2.24, 2.45) is 0 Å². The van der Waals surface area contributed by atoms with E-state index in [1.54, 1.807) is 12.1 Å². The van der Waals surface area contributed by atoms with Crippen molar-refractivity contribution < 1.29 is 14.1 Å². The van der Waals surface area contributed by atoms with E-state index in [0.717, 1.165) is 0 Å². The number of nitro groups is 1. The first-order valence-corrected chi connectivity index (χ1v) is 5.29. The van der Waals surface area contributed by atoms with Gasteiger partial charge in [-0.25, -0.2) is 4.98 Å². The highest BCUT2D eigenvalue weighted by Crippen LogP contribution is 2.29. The fraction of sp³-hybridized carbons (Fsp3) is 0.200. The molecule has 8 heteroatoms. The molecule has 7 nitrogen and oxygen atoms in total. The number of aryl methyl sites for hydroxylation is 1. The summed E-state index contributed by atoms with van der Waals surface area (Å²) in [6.45, 7) is 1.49. The maximum atomic E-state index is 10.9. The fourth-order valence-electron chi connectivity index (χ4n) is 1.35. The van der Waals surface area contributed by atoms with Gasteiger partial charge in [0.2, 0.25) is 5.28 Å². The van der Waals surface area contributed by atoms with Crippen molar-refractivity contribution in [3.05, 3.63) is 45.2 Å². The molecule has 0 saturated carbocycles. The molecular formula is C10H8ClN3O4. The van der Waals surface area contributed by atoms with Crippen molar-refractivity contribution in [2.45, 2.75) is 13.5 Å². The molecule has 94 valence electrons. The Hall–Kier alpha value is -2.15. The Morgan fingerprint density at radius 3 is 2.94 bits per heavy atom. The maximum absolute atomic E-state index is 10.9. The Morgan fingerprint density at radius 1 is 1.56 bits per heavy atom. The van der Waals surface area contributed by atoms with Gasteiger partial charge in [-0.2, -0.15) is 4.98 Å². The summed E-state index contributed by atoms with van der Waals surface area (Å²) in [7, 11) is 0. The molecule has 0 aliphatic carbocycles. The van der Waals surface area contributed by atoms with Crippen molar-refractivity contribution in [2.75, 3.05) is 0 Å². The minimum Gasteiger partial charge on any atom is -0.466 e. The summed E-state index contributed by atoms with van der Waals surface area (Å²) in [6.07, 6.45) is 1.48. The highest BCUT2D eigenvalue weighted by Gasteiger charge is 2.23. The molecule has 0 amide bonds. The number of furan rings is 1. The van der Waals surface area contributed by atoms with Crippen LogP contribution in [0.1, 0.15) is 11.5 Å². The number of rotatable bonds is 4. The minimum atomic E-state index is -0.608. The first-order chi connectivity index (χ1) is 8.58. The molecule has 18 heavy (non-hydrogen) atoms. The van der Waals surface area contributed by atoms with Gasteiger partial charge in [-0.3, -0.25) is 10.1 Å². The van der Waals surface area contributed by atoms with E-state index in [1.165, 1.54) is 13.2 Å². The summed E-state index contributed by atoms with van der Waals surface area (Å²) < 4.78 is 10.3. The minimum absolute atomic E-state index is 0.0284. The first-order valence-electron chi connectivity index (χ1n) is 4.91. The molecule has 0 fully saturated rings. The van der Waals surface area contributed by atoms with Gasteiger partial charge in [0.15, 0.2) is 0 Å². The zero-order valence-corrected chi connectivity index (χ0v) is 10.0. The molecule has 0 spiro atoms. The first kappa shape index (κ1) is 12.3. The van der Waals surface area contributed by atoms with Crippen LogP contribution in [0, 0.1) is 17.0 Å². The molecule has 2 rings (SSSR count). The lowest BCUT2D eigenvalue weighted by molar-refractivity contribution is -0.387. The zero-order chi connectivity index (χ0) is 13.1. The smallest absolute Gasteiger partial charge is 0.352 e. The van der Waals surface area contributed by atoms with Crippen LogP contribution in [0.5, 0.6) is 5.88 Å².